The maximum Gasteiger partial charge on any atom is 0.573 e. The SMILES string of the molecule is CN1CCCCC[C@@H]1C(=O)NCc1ccccc1OC(F)(F)F. The van der Waals surface area contributed by atoms with Crippen LogP contribution in [0, 0.1) is 0 Å². The summed E-state index contributed by atoms with van der Waals surface area (Å²) < 4.78 is 41.2. The van der Waals surface area contributed by atoms with Gasteiger partial charge >= 0.3 is 6.36 Å². The molecule has 23 heavy (non-hydrogen) atoms. The maximum atomic E-state index is 12.4. The average molecular weight is 330 g/mol. The summed E-state index contributed by atoms with van der Waals surface area (Å²) >= 11 is 0. The lowest BCUT2D eigenvalue weighted by Gasteiger charge is -2.24. The molecule has 1 aromatic rings. The van der Waals surface area contributed by atoms with Gasteiger partial charge in [0.1, 0.15) is 5.75 Å². The summed E-state index contributed by atoms with van der Waals surface area (Å²) in [5.41, 5.74) is 0.300. The molecule has 1 heterocycles. The van der Waals surface area contributed by atoms with Crippen molar-refractivity contribution < 1.29 is 22.7 Å². The normalized spacial score (nSPS) is 19.9. The minimum atomic E-state index is -4.75. The molecule has 0 radical (unpaired) electrons. The van der Waals surface area contributed by atoms with Crippen LogP contribution in [0.25, 0.3) is 0 Å². The van der Waals surface area contributed by atoms with Crippen molar-refractivity contribution in [2.45, 2.75) is 44.6 Å². The van der Waals surface area contributed by atoms with Crippen molar-refractivity contribution in [2.24, 2.45) is 0 Å². The van der Waals surface area contributed by atoms with Crippen molar-refractivity contribution in [3.8, 4) is 5.75 Å². The summed E-state index contributed by atoms with van der Waals surface area (Å²) in [6.07, 6.45) is -0.847. The number of hydrogen-bond acceptors (Lipinski definition) is 3. The fraction of sp³-hybridized carbons (Fsp3) is 0.562. The van der Waals surface area contributed by atoms with Gasteiger partial charge in [-0.1, -0.05) is 31.0 Å². The van der Waals surface area contributed by atoms with Crippen LogP contribution < -0.4 is 10.1 Å². The molecule has 1 atom stereocenters. The number of carbonyl (C=O) groups is 1. The third kappa shape index (κ3) is 5.42. The van der Waals surface area contributed by atoms with Crippen LogP contribution in [0.4, 0.5) is 13.2 Å². The largest absolute Gasteiger partial charge is 0.573 e. The molecule has 7 heteroatoms. The van der Waals surface area contributed by atoms with Crippen LogP contribution in [0.1, 0.15) is 31.2 Å². The van der Waals surface area contributed by atoms with E-state index in [1.165, 1.54) is 18.2 Å². The topological polar surface area (TPSA) is 41.6 Å². The Morgan fingerprint density at radius 2 is 2.04 bits per heavy atom. The van der Waals surface area contributed by atoms with Gasteiger partial charge in [-0.15, -0.1) is 13.2 Å². The smallest absolute Gasteiger partial charge is 0.405 e. The molecular weight excluding hydrogens is 309 g/mol. The number of hydrogen-bond donors (Lipinski definition) is 1. The minimum absolute atomic E-state index is 0.00935. The summed E-state index contributed by atoms with van der Waals surface area (Å²) in [4.78, 5) is 14.3. The Balaban J connectivity index is 1.98. The zero-order valence-electron chi connectivity index (χ0n) is 13.0. The quantitative estimate of drug-likeness (QED) is 0.922. The minimum Gasteiger partial charge on any atom is -0.405 e. The Morgan fingerprint density at radius 3 is 2.78 bits per heavy atom. The first-order valence-electron chi connectivity index (χ1n) is 7.68. The molecule has 1 N–H and O–H groups in total. The van der Waals surface area contributed by atoms with E-state index in [1.807, 2.05) is 11.9 Å². The van der Waals surface area contributed by atoms with E-state index < -0.39 is 6.36 Å². The Bertz CT molecular complexity index is 534. The second kappa shape index (κ2) is 7.68. The third-order valence-corrected chi connectivity index (χ3v) is 3.97. The molecule has 1 fully saturated rings. The lowest BCUT2D eigenvalue weighted by Crippen LogP contribution is -2.44. The summed E-state index contributed by atoms with van der Waals surface area (Å²) in [5, 5.41) is 2.73. The molecule has 0 unspecified atom stereocenters. The highest BCUT2D eigenvalue weighted by atomic mass is 19.4. The van der Waals surface area contributed by atoms with Gasteiger partial charge in [-0.2, -0.15) is 0 Å². The standard InChI is InChI=1S/C16H21F3N2O2/c1-21-10-6-2-3-8-13(21)15(22)20-11-12-7-4-5-9-14(12)23-16(17,18)19/h4-5,7,9,13H,2-3,6,8,10-11H2,1H3,(H,20,22)/t13-/m1/s1. The van der Waals surface area contributed by atoms with E-state index in [0.29, 0.717) is 5.56 Å². The van der Waals surface area contributed by atoms with Gasteiger partial charge in [-0.3, -0.25) is 9.69 Å². The highest BCUT2D eigenvalue weighted by molar-refractivity contribution is 5.81. The molecule has 0 saturated carbocycles. The van der Waals surface area contributed by atoms with E-state index in [1.54, 1.807) is 6.07 Å². The Kier molecular flexibility index (Phi) is 5.87. The van der Waals surface area contributed by atoms with Gasteiger partial charge in [-0.05, 0) is 32.5 Å². The molecule has 1 aliphatic heterocycles. The van der Waals surface area contributed by atoms with E-state index in [0.717, 1.165) is 32.2 Å². The lowest BCUT2D eigenvalue weighted by molar-refractivity contribution is -0.274. The molecule has 0 bridgehead atoms. The van der Waals surface area contributed by atoms with Gasteiger partial charge in [0.2, 0.25) is 5.91 Å². The number of rotatable bonds is 4. The van der Waals surface area contributed by atoms with Crippen molar-refractivity contribution in [3.63, 3.8) is 0 Å². The monoisotopic (exact) mass is 330 g/mol. The predicted octanol–water partition coefficient (Wildman–Crippen LogP) is 3.08. The fourth-order valence-electron chi connectivity index (χ4n) is 2.76. The van der Waals surface area contributed by atoms with Crippen LogP contribution in [0.5, 0.6) is 5.75 Å². The van der Waals surface area contributed by atoms with Crippen LogP contribution in [0.2, 0.25) is 0 Å². The molecule has 0 aromatic heterocycles. The number of likely N-dealkylation sites (N-methyl/N-ethyl adjacent to an activating group) is 1. The molecule has 0 aliphatic carbocycles. The van der Waals surface area contributed by atoms with Crippen LogP contribution in [0.15, 0.2) is 24.3 Å². The molecule has 4 nitrogen and oxygen atoms in total. The van der Waals surface area contributed by atoms with E-state index in [9.17, 15) is 18.0 Å². The van der Waals surface area contributed by atoms with Gasteiger partial charge in [0.25, 0.3) is 0 Å². The van der Waals surface area contributed by atoms with Crippen molar-refractivity contribution >= 4 is 5.91 Å². The number of ether oxygens (including phenoxy) is 1. The van der Waals surface area contributed by atoms with Crippen molar-refractivity contribution in [1.82, 2.24) is 10.2 Å². The predicted molar refractivity (Wildman–Crippen MR) is 79.9 cm³/mol. The number of benzene rings is 1. The molecule has 1 aliphatic rings. The highest BCUT2D eigenvalue weighted by Gasteiger charge is 2.32. The van der Waals surface area contributed by atoms with Gasteiger partial charge in [0.05, 0.1) is 6.04 Å². The molecule has 1 aromatic carbocycles. The van der Waals surface area contributed by atoms with Crippen LogP contribution in [0.3, 0.4) is 0 Å². The highest BCUT2D eigenvalue weighted by Crippen LogP contribution is 2.26. The second-order valence-electron chi connectivity index (χ2n) is 5.72. The first kappa shape index (κ1) is 17.6. The molecule has 2 rings (SSSR count). The second-order valence-corrected chi connectivity index (χ2v) is 5.72. The van der Waals surface area contributed by atoms with E-state index in [-0.39, 0.29) is 24.2 Å². The lowest BCUT2D eigenvalue weighted by atomic mass is 10.1. The number of alkyl halides is 3. The zero-order valence-corrected chi connectivity index (χ0v) is 13.0. The Hall–Kier alpha value is -1.76. The molecule has 128 valence electrons. The number of likely N-dealkylation sites (tertiary alicyclic amines) is 1. The zero-order chi connectivity index (χ0) is 16.9. The van der Waals surface area contributed by atoms with Gasteiger partial charge < -0.3 is 10.1 Å². The van der Waals surface area contributed by atoms with Gasteiger partial charge in [0, 0.05) is 12.1 Å². The molecule has 1 saturated heterocycles. The summed E-state index contributed by atoms with van der Waals surface area (Å²) in [7, 11) is 1.90. The van der Waals surface area contributed by atoms with Gasteiger partial charge in [-0.25, -0.2) is 0 Å². The number of halogens is 3. The van der Waals surface area contributed by atoms with Crippen LogP contribution in [-0.4, -0.2) is 36.8 Å². The number of nitrogens with zero attached hydrogens (tertiary/aromatic N) is 1. The van der Waals surface area contributed by atoms with Crippen molar-refractivity contribution in [3.05, 3.63) is 29.8 Å². The van der Waals surface area contributed by atoms with Crippen molar-refractivity contribution in [2.75, 3.05) is 13.6 Å². The number of para-hydroxylation sites is 1. The average Bonchev–Trinajstić information content (AvgIpc) is 2.69. The van der Waals surface area contributed by atoms with Crippen molar-refractivity contribution in [1.29, 1.82) is 0 Å². The molecular formula is C16H21F3N2O2. The fourth-order valence-corrected chi connectivity index (χ4v) is 2.76. The summed E-state index contributed by atoms with van der Waals surface area (Å²) in [6.45, 7) is 0.862. The van der Waals surface area contributed by atoms with Crippen LogP contribution in [-0.2, 0) is 11.3 Å². The number of amides is 1. The Labute approximate surface area is 133 Å². The van der Waals surface area contributed by atoms with Gasteiger partial charge in [0.15, 0.2) is 0 Å². The third-order valence-electron chi connectivity index (χ3n) is 3.97. The van der Waals surface area contributed by atoms with E-state index in [4.69, 9.17) is 0 Å². The first-order chi connectivity index (χ1) is 10.9. The maximum absolute atomic E-state index is 12.4. The van der Waals surface area contributed by atoms with Crippen LogP contribution >= 0.6 is 0 Å². The summed E-state index contributed by atoms with van der Waals surface area (Å²) in [5.74, 6) is -0.439. The summed E-state index contributed by atoms with van der Waals surface area (Å²) in [6, 6.07) is 5.60. The first-order valence-corrected chi connectivity index (χ1v) is 7.68. The molecule has 0 spiro atoms. The number of nitrogens with one attached hydrogen (secondary N) is 1. The molecule has 1 amide bonds. The Morgan fingerprint density at radius 1 is 1.30 bits per heavy atom. The van der Waals surface area contributed by atoms with E-state index >= 15 is 0 Å². The number of carbonyl (C=O) groups excluding carboxylic acids is 1. The van der Waals surface area contributed by atoms with E-state index in [2.05, 4.69) is 10.1 Å².